The SMILES string of the molecule is CNC(c1ccn(Cc2ccc(C#N)cc2C)c1)C(C)C. The van der Waals surface area contributed by atoms with Gasteiger partial charge in [0.25, 0.3) is 0 Å². The van der Waals surface area contributed by atoms with Crippen molar-refractivity contribution < 1.29 is 0 Å². The van der Waals surface area contributed by atoms with Gasteiger partial charge in [-0.25, -0.2) is 0 Å². The number of aryl methyl sites for hydroxylation is 1. The largest absolute Gasteiger partial charge is 0.350 e. The van der Waals surface area contributed by atoms with Gasteiger partial charge in [0, 0.05) is 25.0 Å². The molecule has 0 aliphatic rings. The Kier molecular flexibility index (Phi) is 4.82. The molecule has 1 heterocycles. The summed E-state index contributed by atoms with van der Waals surface area (Å²) < 4.78 is 2.20. The summed E-state index contributed by atoms with van der Waals surface area (Å²) >= 11 is 0. The molecule has 3 nitrogen and oxygen atoms in total. The summed E-state index contributed by atoms with van der Waals surface area (Å²) in [6, 6.07) is 10.6. The average Bonchev–Trinajstić information content (AvgIpc) is 2.89. The highest BCUT2D eigenvalue weighted by Crippen LogP contribution is 2.22. The molecule has 2 rings (SSSR count). The van der Waals surface area contributed by atoms with Crippen LogP contribution in [0, 0.1) is 24.2 Å². The fourth-order valence-electron chi connectivity index (χ4n) is 2.77. The van der Waals surface area contributed by atoms with Crippen molar-refractivity contribution in [2.75, 3.05) is 7.05 Å². The van der Waals surface area contributed by atoms with E-state index in [1.807, 2.05) is 25.2 Å². The van der Waals surface area contributed by atoms with E-state index in [9.17, 15) is 0 Å². The Hall–Kier alpha value is -2.05. The third-order valence-corrected chi connectivity index (χ3v) is 3.93. The van der Waals surface area contributed by atoms with Crippen LogP contribution in [0.5, 0.6) is 0 Å². The van der Waals surface area contributed by atoms with Crippen LogP contribution < -0.4 is 5.32 Å². The second-order valence-electron chi connectivity index (χ2n) is 5.88. The minimum Gasteiger partial charge on any atom is -0.350 e. The highest BCUT2D eigenvalue weighted by Gasteiger charge is 2.14. The highest BCUT2D eigenvalue weighted by atomic mass is 15.0. The van der Waals surface area contributed by atoms with Crippen LogP contribution in [0.2, 0.25) is 0 Å². The Balaban J connectivity index is 2.18. The Labute approximate surface area is 127 Å². The van der Waals surface area contributed by atoms with Gasteiger partial charge in [-0.15, -0.1) is 0 Å². The van der Waals surface area contributed by atoms with Crippen LogP contribution in [-0.2, 0) is 6.54 Å². The van der Waals surface area contributed by atoms with Crippen LogP contribution in [0.25, 0.3) is 0 Å². The van der Waals surface area contributed by atoms with Crippen molar-refractivity contribution in [3.8, 4) is 6.07 Å². The molecule has 21 heavy (non-hydrogen) atoms. The highest BCUT2D eigenvalue weighted by molar-refractivity contribution is 5.37. The van der Waals surface area contributed by atoms with E-state index in [-0.39, 0.29) is 0 Å². The fourth-order valence-corrected chi connectivity index (χ4v) is 2.77. The molecule has 1 aromatic heterocycles. The first-order valence-electron chi connectivity index (χ1n) is 7.37. The number of nitriles is 1. The van der Waals surface area contributed by atoms with Gasteiger partial charge >= 0.3 is 0 Å². The summed E-state index contributed by atoms with van der Waals surface area (Å²) in [7, 11) is 2.01. The third-order valence-electron chi connectivity index (χ3n) is 3.93. The summed E-state index contributed by atoms with van der Waals surface area (Å²) in [6.45, 7) is 7.35. The van der Waals surface area contributed by atoms with E-state index >= 15 is 0 Å². The van der Waals surface area contributed by atoms with Crippen LogP contribution >= 0.6 is 0 Å². The first-order valence-corrected chi connectivity index (χ1v) is 7.37. The molecule has 0 saturated carbocycles. The zero-order chi connectivity index (χ0) is 15.4. The van der Waals surface area contributed by atoms with Gasteiger partial charge in [0.05, 0.1) is 11.6 Å². The molecule has 3 heteroatoms. The van der Waals surface area contributed by atoms with Gasteiger partial charge in [-0.2, -0.15) is 5.26 Å². The van der Waals surface area contributed by atoms with Crippen molar-refractivity contribution in [1.29, 1.82) is 5.26 Å². The minimum absolute atomic E-state index is 0.383. The van der Waals surface area contributed by atoms with E-state index in [1.54, 1.807) is 0 Å². The van der Waals surface area contributed by atoms with Crippen molar-refractivity contribution >= 4 is 0 Å². The molecule has 0 fully saturated rings. The molecule has 1 N–H and O–H groups in total. The Bertz CT molecular complexity index is 647. The zero-order valence-corrected chi connectivity index (χ0v) is 13.2. The molecule has 1 unspecified atom stereocenters. The summed E-state index contributed by atoms with van der Waals surface area (Å²) in [5.41, 5.74) is 4.46. The maximum Gasteiger partial charge on any atom is 0.0991 e. The Morgan fingerprint density at radius 2 is 2.05 bits per heavy atom. The Morgan fingerprint density at radius 1 is 1.29 bits per heavy atom. The summed E-state index contributed by atoms with van der Waals surface area (Å²) in [5, 5.41) is 12.3. The predicted octanol–water partition coefficient (Wildman–Crippen LogP) is 3.63. The molecule has 0 saturated heterocycles. The first-order chi connectivity index (χ1) is 10.0. The lowest BCUT2D eigenvalue weighted by atomic mass is 9.99. The van der Waals surface area contributed by atoms with Crippen LogP contribution in [0.1, 0.15) is 42.1 Å². The van der Waals surface area contributed by atoms with Crippen molar-refractivity contribution in [3.63, 3.8) is 0 Å². The minimum atomic E-state index is 0.383. The van der Waals surface area contributed by atoms with Crippen LogP contribution in [0.15, 0.2) is 36.7 Å². The quantitative estimate of drug-likeness (QED) is 0.909. The number of nitrogens with one attached hydrogen (secondary N) is 1. The number of hydrogen-bond donors (Lipinski definition) is 1. The summed E-state index contributed by atoms with van der Waals surface area (Å²) in [5.74, 6) is 0.558. The van der Waals surface area contributed by atoms with Gasteiger partial charge in [-0.1, -0.05) is 19.9 Å². The van der Waals surface area contributed by atoms with Gasteiger partial charge in [0.1, 0.15) is 0 Å². The number of nitrogens with zero attached hydrogens (tertiary/aromatic N) is 2. The standard InChI is InChI=1S/C18H23N3/c1-13(2)18(20-4)17-7-8-21(12-17)11-16-6-5-15(10-19)9-14(16)3/h5-9,12-13,18,20H,11H2,1-4H3. The van der Waals surface area contributed by atoms with E-state index in [0.29, 0.717) is 12.0 Å². The van der Waals surface area contributed by atoms with Crippen LogP contribution in [0.3, 0.4) is 0 Å². The molecule has 2 aromatic rings. The van der Waals surface area contributed by atoms with Crippen molar-refractivity contribution in [2.45, 2.75) is 33.4 Å². The smallest absolute Gasteiger partial charge is 0.0991 e. The van der Waals surface area contributed by atoms with E-state index in [4.69, 9.17) is 5.26 Å². The molecule has 0 spiro atoms. The maximum absolute atomic E-state index is 8.92. The topological polar surface area (TPSA) is 40.8 Å². The number of rotatable bonds is 5. The van der Waals surface area contributed by atoms with Crippen molar-refractivity contribution in [1.82, 2.24) is 9.88 Å². The molecule has 0 amide bonds. The normalized spacial score (nSPS) is 12.4. The maximum atomic E-state index is 8.92. The van der Waals surface area contributed by atoms with Gasteiger partial charge in [-0.3, -0.25) is 0 Å². The second-order valence-corrected chi connectivity index (χ2v) is 5.88. The lowest BCUT2D eigenvalue weighted by Crippen LogP contribution is -2.21. The Morgan fingerprint density at radius 3 is 2.62 bits per heavy atom. The summed E-state index contributed by atoms with van der Waals surface area (Å²) in [4.78, 5) is 0. The lowest BCUT2D eigenvalue weighted by Gasteiger charge is -2.18. The zero-order valence-electron chi connectivity index (χ0n) is 13.2. The number of hydrogen-bond acceptors (Lipinski definition) is 2. The van der Waals surface area contributed by atoms with E-state index < -0.39 is 0 Å². The predicted molar refractivity (Wildman–Crippen MR) is 86.1 cm³/mol. The molecule has 110 valence electrons. The van der Waals surface area contributed by atoms with Gasteiger partial charge in [0.2, 0.25) is 0 Å². The number of benzene rings is 1. The van der Waals surface area contributed by atoms with Crippen molar-refractivity contribution in [3.05, 3.63) is 58.9 Å². The summed E-state index contributed by atoms with van der Waals surface area (Å²) in [6.07, 6.45) is 4.33. The van der Waals surface area contributed by atoms with Crippen LogP contribution in [0.4, 0.5) is 0 Å². The van der Waals surface area contributed by atoms with Crippen LogP contribution in [-0.4, -0.2) is 11.6 Å². The molecule has 0 bridgehead atoms. The van der Waals surface area contributed by atoms with Crippen molar-refractivity contribution in [2.24, 2.45) is 5.92 Å². The lowest BCUT2D eigenvalue weighted by molar-refractivity contribution is 0.443. The number of aromatic nitrogens is 1. The van der Waals surface area contributed by atoms with E-state index in [1.165, 1.54) is 16.7 Å². The van der Waals surface area contributed by atoms with E-state index in [0.717, 1.165) is 12.1 Å². The van der Waals surface area contributed by atoms with Gasteiger partial charge in [-0.05, 0) is 54.8 Å². The molecular formula is C18H23N3. The monoisotopic (exact) mass is 281 g/mol. The molecule has 0 aliphatic carbocycles. The van der Waals surface area contributed by atoms with Gasteiger partial charge in [0.15, 0.2) is 0 Å². The molecular weight excluding hydrogens is 258 g/mol. The first kappa shape index (κ1) is 15.3. The molecule has 1 aromatic carbocycles. The second kappa shape index (κ2) is 6.60. The molecule has 0 radical (unpaired) electrons. The average molecular weight is 281 g/mol. The third kappa shape index (κ3) is 3.53. The molecule has 0 aliphatic heterocycles. The van der Waals surface area contributed by atoms with Gasteiger partial charge < -0.3 is 9.88 Å². The fraction of sp³-hybridized carbons (Fsp3) is 0.389. The van der Waals surface area contributed by atoms with E-state index in [2.05, 4.69) is 55.2 Å². The molecule has 1 atom stereocenters.